The van der Waals surface area contributed by atoms with Crippen LogP contribution in [0, 0.1) is 6.92 Å². The van der Waals surface area contributed by atoms with Gasteiger partial charge in [0.15, 0.2) is 0 Å². The van der Waals surface area contributed by atoms with Crippen molar-refractivity contribution in [1.82, 2.24) is 29.0 Å². The molecule has 0 bridgehead atoms. The van der Waals surface area contributed by atoms with Gasteiger partial charge >= 0.3 is 6.18 Å². The fraction of sp³-hybridized carbons (Fsp3) is 0.458. The Kier molecular flexibility index (Phi) is 5.72. The molecule has 2 fully saturated rings. The fourth-order valence-electron chi connectivity index (χ4n) is 5.05. The summed E-state index contributed by atoms with van der Waals surface area (Å²) in [6.07, 6.45) is -2.79. The predicted octanol–water partition coefficient (Wildman–Crippen LogP) is 3.76. The molecule has 1 aromatic carbocycles. The first-order valence-corrected chi connectivity index (χ1v) is 12.0. The molecule has 1 atom stereocenters. The third-order valence-electron chi connectivity index (χ3n) is 7.04. The van der Waals surface area contributed by atoms with E-state index in [0.717, 1.165) is 4.57 Å². The van der Waals surface area contributed by atoms with Crippen molar-refractivity contribution in [3.8, 4) is 17.0 Å². The molecule has 2 aliphatic heterocycles. The van der Waals surface area contributed by atoms with E-state index in [1.54, 1.807) is 35.4 Å². The lowest BCUT2D eigenvalue weighted by Gasteiger charge is -2.34. The molecule has 202 valence electrons. The summed E-state index contributed by atoms with van der Waals surface area (Å²) in [5.74, 6) is -2.63. The largest absolute Gasteiger partial charge is 0.479 e. The summed E-state index contributed by atoms with van der Waals surface area (Å²) in [6, 6.07) is 5.52. The molecule has 0 unspecified atom stereocenters. The number of halogens is 5. The number of aromatic nitrogens is 5. The van der Waals surface area contributed by atoms with Crippen molar-refractivity contribution in [3.05, 3.63) is 36.3 Å². The van der Waals surface area contributed by atoms with Gasteiger partial charge in [-0.15, -0.1) is 5.10 Å². The monoisotopic (exact) mass is 537 g/mol. The average molecular weight is 537 g/mol. The van der Waals surface area contributed by atoms with E-state index in [4.69, 9.17) is 9.47 Å². The van der Waals surface area contributed by atoms with Crippen LogP contribution in [0.1, 0.15) is 5.82 Å². The van der Waals surface area contributed by atoms with Gasteiger partial charge in [0.25, 0.3) is 5.92 Å². The maximum absolute atomic E-state index is 14.7. The molecule has 14 heteroatoms. The molecule has 3 aromatic heterocycles. The second kappa shape index (κ2) is 8.76. The molecule has 1 N–H and O–H groups in total. The van der Waals surface area contributed by atoms with Crippen molar-refractivity contribution in [2.45, 2.75) is 37.7 Å². The van der Waals surface area contributed by atoms with Crippen LogP contribution >= 0.6 is 0 Å². The number of ether oxygens (including phenoxy) is 2. The maximum Gasteiger partial charge on any atom is 0.406 e. The van der Waals surface area contributed by atoms with Crippen LogP contribution in [-0.2, 0) is 11.3 Å². The molecule has 2 saturated heterocycles. The summed E-state index contributed by atoms with van der Waals surface area (Å²) >= 11 is 0. The summed E-state index contributed by atoms with van der Waals surface area (Å²) in [5, 5.41) is 7.13. The van der Waals surface area contributed by atoms with E-state index in [-0.39, 0.29) is 36.8 Å². The number of methoxy groups -OCH3 is 1. The minimum atomic E-state index is -4.41. The van der Waals surface area contributed by atoms with Gasteiger partial charge in [-0.25, -0.2) is 18.3 Å². The zero-order valence-corrected chi connectivity index (χ0v) is 20.5. The number of fused-ring (bicyclic) bond motifs is 2. The standard InChI is InChI=1S/C24H24F5N7O2/c1-13-30-17-4-3-14(7-18(17)35(13)12-24(27,28)29)16-5-6-36-20(16)21(37-2)32-22(33-36)31-19-8-34(11-23(19,25)26)15-9-38-10-15/h3-7,15,19H,8-12H2,1-2H3,(H,31,33)/t19-/m1/s1. The number of anilines is 1. The van der Waals surface area contributed by atoms with Gasteiger partial charge in [-0.1, -0.05) is 6.07 Å². The highest BCUT2D eigenvalue weighted by Gasteiger charge is 2.51. The van der Waals surface area contributed by atoms with Crippen molar-refractivity contribution in [2.24, 2.45) is 0 Å². The summed E-state index contributed by atoms with van der Waals surface area (Å²) < 4.78 is 82.2. The van der Waals surface area contributed by atoms with E-state index >= 15 is 0 Å². The van der Waals surface area contributed by atoms with Crippen LogP contribution in [0.15, 0.2) is 30.5 Å². The maximum atomic E-state index is 14.7. The van der Waals surface area contributed by atoms with E-state index in [1.165, 1.54) is 18.5 Å². The SMILES string of the molecule is COc1nc(N[C@@H]2CN(C3COC3)CC2(F)F)nn2ccc(-c3ccc4nc(C)n(CC(F)(F)F)c4c3)c12. The van der Waals surface area contributed by atoms with Gasteiger partial charge in [0.05, 0.1) is 43.9 Å². The van der Waals surface area contributed by atoms with Crippen LogP contribution in [-0.4, -0.2) is 86.6 Å². The van der Waals surface area contributed by atoms with Crippen molar-refractivity contribution in [3.63, 3.8) is 0 Å². The molecular weight excluding hydrogens is 513 g/mol. The van der Waals surface area contributed by atoms with Crippen LogP contribution in [0.4, 0.5) is 27.9 Å². The molecule has 38 heavy (non-hydrogen) atoms. The van der Waals surface area contributed by atoms with Crippen molar-refractivity contribution >= 4 is 22.5 Å². The summed E-state index contributed by atoms with van der Waals surface area (Å²) in [4.78, 5) is 10.3. The molecule has 0 radical (unpaired) electrons. The number of nitrogens with zero attached hydrogens (tertiary/aromatic N) is 6. The molecule has 0 spiro atoms. The van der Waals surface area contributed by atoms with Gasteiger partial charge in [-0.3, -0.25) is 4.90 Å². The van der Waals surface area contributed by atoms with Gasteiger partial charge in [-0.05, 0) is 30.7 Å². The zero-order chi connectivity index (χ0) is 26.8. The number of imidazole rings is 1. The summed E-state index contributed by atoms with van der Waals surface area (Å²) in [5.41, 5.74) is 2.43. The molecule has 5 heterocycles. The van der Waals surface area contributed by atoms with E-state index in [0.29, 0.717) is 40.9 Å². The Hall–Kier alpha value is -3.52. The number of nitrogens with one attached hydrogen (secondary N) is 1. The number of hydrogen-bond acceptors (Lipinski definition) is 7. The van der Waals surface area contributed by atoms with Gasteiger partial charge in [0.1, 0.15) is 23.9 Å². The normalized spacial score (nSPS) is 20.3. The van der Waals surface area contributed by atoms with Crippen molar-refractivity contribution in [2.75, 3.05) is 38.7 Å². The number of hydrogen-bond donors (Lipinski definition) is 1. The summed E-state index contributed by atoms with van der Waals surface area (Å²) in [6.45, 7) is 0.984. The third-order valence-corrected chi connectivity index (χ3v) is 7.04. The number of rotatable bonds is 6. The van der Waals surface area contributed by atoms with Gasteiger partial charge in [0, 0.05) is 18.3 Å². The lowest BCUT2D eigenvalue weighted by atomic mass is 10.1. The Labute approximate surface area is 213 Å². The lowest BCUT2D eigenvalue weighted by molar-refractivity contribution is -0.140. The highest BCUT2D eigenvalue weighted by Crippen LogP contribution is 2.36. The molecule has 0 aliphatic carbocycles. The van der Waals surface area contributed by atoms with Gasteiger partial charge < -0.3 is 19.4 Å². The Bertz CT molecular complexity index is 1510. The van der Waals surface area contributed by atoms with E-state index in [9.17, 15) is 22.0 Å². The molecular formula is C24H24F5N7O2. The molecule has 6 rings (SSSR count). The highest BCUT2D eigenvalue weighted by molar-refractivity contribution is 5.89. The van der Waals surface area contributed by atoms with E-state index < -0.39 is 24.7 Å². The van der Waals surface area contributed by atoms with E-state index in [1.807, 2.05) is 0 Å². The fourth-order valence-corrected chi connectivity index (χ4v) is 5.05. The quantitative estimate of drug-likeness (QED) is 0.375. The Morgan fingerprint density at radius 1 is 1.18 bits per heavy atom. The Balaban J connectivity index is 1.34. The molecule has 0 amide bonds. The van der Waals surface area contributed by atoms with Gasteiger partial charge in [-0.2, -0.15) is 18.2 Å². The second-order valence-electron chi connectivity index (χ2n) is 9.61. The van der Waals surface area contributed by atoms with Crippen LogP contribution in [0.25, 0.3) is 27.7 Å². The molecule has 2 aliphatic rings. The topological polar surface area (TPSA) is 81.7 Å². The molecule has 9 nitrogen and oxygen atoms in total. The summed E-state index contributed by atoms with van der Waals surface area (Å²) in [7, 11) is 1.40. The first-order chi connectivity index (χ1) is 18.0. The molecule has 0 saturated carbocycles. The third kappa shape index (κ3) is 4.30. The molecule has 4 aromatic rings. The average Bonchev–Trinajstić information content (AvgIpc) is 3.45. The Morgan fingerprint density at radius 3 is 2.66 bits per heavy atom. The smallest absolute Gasteiger partial charge is 0.406 e. The zero-order valence-electron chi connectivity index (χ0n) is 20.5. The van der Waals surface area contributed by atoms with Crippen LogP contribution < -0.4 is 10.1 Å². The number of benzene rings is 1. The van der Waals surface area contributed by atoms with Crippen LogP contribution in [0.5, 0.6) is 5.88 Å². The highest BCUT2D eigenvalue weighted by atomic mass is 19.4. The van der Waals surface area contributed by atoms with Crippen LogP contribution in [0.3, 0.4) is 0 Å². The predicted molar refractivity (Wildman–Crippen MR) is 128 cm³/mol. The van der Waals surface area contributed by atoms with E-state index in [2.05, 4.69) is 20.4 Å². The van der Waals surface area contributed by atoms with Crippen molar-refractivity contribution < 1.29 is 31.4 Å². The van der Waals surface area contributed by atoms with Gasteiger partial charge in [0.2, 0.25) is 11.8 Å². The van der Waals surface area contributed by atoms with Crippen LogP contribution in [0.2, 0.25) is 0 Å². The minimum Gasteiger partial charge on any atom is -0.479 e. The first-order valence-electron chi connectivity index (χ1n) is 12.0. The van der Waals surface area contributed by atoms with Crippen molar-refractivity contribution in [1.29, 1.82) is 0 Å². The Morgan fingerprint density at radius 2 is 1.97 bits per heavy atom. The second-order valence-corrected chi connectivity index (χ2v) is 9.61. The number of likely N-dealkylation sites (tertiary alicyclic amines) is 1. The first kappa shape index (κ1) is 24.8. The number of aryl methyl sites for hydroxylation is 1. The lowest BCUT2D eigenvalue weighted by Crippen LogP contribution is -2.48. The minimum absolute atomic E-state index is 0.0221. The number of alkyl halides is 5.